The lowest BCUT2D eigenvalue weighted by molar-refractivity contribution is 0.905. The Bertz CT molecular complexity index is 500. The molecule has 0 fully saturated rings. The molecule has 0 spiro atoms. The van der Waals surface area contributed by atoms with Crippen molar-refractivity contribution in [3.63, 3.8) is 0 Å². The van der Waals surface area contributed by atoms with E-state index in [1.807, 2.05) is 20.2 Å². The molecule has 0 saturated carbocycles. The second-order valence-electron chi connectivity index (χ2n) is 3.60. The van der Waals surface area contributed by atoms with Gasteiger partial charge in [-0.3, -0.25) is 0 Å². The summed E-state index contributed by atoms with van der Waals surface area (Å²) in [6.07, 6.45) is 1.57. The van der Waals surface area contributed by atoms with E-state index < -0.39 is 0 Å². The number of anilines is 2. The summed E-state index contributed by atoms with van der Waals surface area (Å²) >= 11 is 5.19. The second-order valence-corrected chi connectivity index (χ2v) is 5.51. The molecule has 0 aliphatic carbocycles. The van der Waals surface area contributed by atoms with Gasteiger partial charge in [-0.1, -0.05) is 0 Å². The van der Waals surface area contributed by atoms with Crippen molar-refractivity contribution in [1.29, 1.82) is 0 Å². The van der Waals surface area contributed by atoms with Crippen LogP contribution in [0.1, 0.15) is 4.88 Å². The van der Waals surface area contributed by atoms with E-state index >= 15 is 0 Å². The molecule has 0 atom stereocenters. The maximum absolute atomic E-state index is 4.26. The lowest BCUT2D eigenvalue weighted by Gasteiger charge is -2.17. The molecule has 0 amide bonds. The predicted octanol–water partition coefficient (Wildman–Crippen LogP) is 2.98. The quantitative estimate of drug-likeness (QED) is 0.942. The van der Waals surface area contributed by atoms with Crippen LogP contribution in [0.5, 0.6) is 0 Å². The molecular formula is C11H13BrN4S. The van der Waals surface area contributed by atoms with Gasteiger partial charge in [0.2, 0.25) is 0 Å². The van der Waals surface area contributed by atoms with Crippen molar-refractivity contribution in [1.82, 2.24) is 9.97 Å². The molecule has 0 aliphatic rings. The number of halogens is 1. The van der Waals surface area contributed by atoms with Gasteiger partial charge in [0.15, 0.2) is 0 Å². The van der Waals surface area contributed by atoms with Gasteiger partial charge in [-0.05, 0) is 22.0 Å². The van der Waals surface area contributed by atoms with E-state index in [-0.39, 0.29) is 0 Å². The minimum Gasteiger partial charge on any atom is -0.373 e. The van der Waals surface area contributed by atoms with Crippen LogP contribution in [-0.4, -0.2) is 24.1 Å². The van der Waals surface area contributed by atoms with Crippen LogP contribution in [0.3, 0.4) is 0 Å². The van der Waals surface area contributed by atoms with Crippen molar-refractivity contribution < 1.29 is 0 Å². The van der Waals surface area contributed by atoms with Gasteiger partial charge in [0.25, 0.3) is 0 Å². The van der Waals surface area contributed by atoms with E-state index in [1.54, 1.807) is 17.7 Å². The van der Waals surface area contributed by atoms with Crippen molar-refractivity contribution >= 4 is 38.9 Å². The number of rotatable bonds is 4. The Kier molecular flexibility index (Phi) is 3.96. The number of nitrogens with zero attached hydrogens (tertiary/aromatic N) is 3. The smallest absolute Gasteiger partial charge is 0.134 e. The zero-order valence-corrected chi connectivity index (χ0v) is 12.0. The molecule has 0 radical (unpaired) electrons. The minimum atomic E-state index is 0.828. The van der Waals surface area contributed by atoms with Crippen LogP contribution in [0.15, 0.2) is 28.3 Å². The first-order valence-electron chi connectivity index (χ1n) is 5.13. The predicted molar refractivity (Wildman–Crippen MR) is 75.7 cm³/mol. The molecule has 17 heavy (non-hydrogen) atoms. The van der Waals surface area contributed by atoms with Crippen LogP contribution in [-0.2, 0) is 6.54 Å². The monoisotopic (exact) mass is 312 g/mol. The Hall–Kier alpha value is -1.14. The van der Waals surface area contributed by atoms with Gasteiger partial charge in [0.1, 0.15) is 18.0 Å². The lowest BCUT2D eigenvalue weighted by atomic mass is 10.4. The van der Waals surface area contributed by atoms with Gasteiger partial charge < -0.3 is 10.2 Å². The van der Waals surface area contributed by atoms with Gasteiger partial charge in [-0.15, -0.1) is 11.3 Å². The second kappa shape index (κ2) is 5.46. The fourth-order valence-corrected chi connectivity index (χ4v) is 2.95. The molecule has 2 aromatic heterocycles. The first kappa shape index (κ1) is 12.3. The third kappa shape index (κ3) is 3.17. The zero-order valence-electron chi connectivity index (χ0n) is 9.64. The van der Waals surface area contributed by atoms with Crippen LogP contribution in [0, 0.1) is 0 Å². The third-order valence-electron chi connectivity index (χ3n) is 2.31. The molecule has 4 nitrogen and oxygen atoms in total. The summed E-state index contributed by atoms with van der Waals surface area (Å²) in [5.41, 5.74) is 0. The Balaban J connectivity index is 2.11. The topological polar surface area (TPSA) is 41.0 Å². The molecular weight excluding hydrogens is 300 g/mol. The van der Waals surface area contributed by atoms with Gasteiger partial charge in [0, 0.05) is 34.9 Å². The lowest BCUT2D eigenvalue weighted by Crippen LogP contribution is -2.17. The largest absolute Gasteiger partial charge is 0.373 e. The highest BCUT2D eigenvalue weighted by atomic mass is 79.9. The molecule has 2 heterocycles. The highest BCUT2D eigenvalue weighted by Crippen LogP contribution is 2.22. The average Bonchev–Trinajstić information content (AvgIpc) is 2.75. The van der Waals surface area contributed by atoms with E-state index in [0.29, 0.717) is 0 Å². The summed E-state index contributed by atoms with van der Waals surface area (Å²) in [4.78, 5) is 11.7. The number of aromatic nitrogens is 2. The number of hydrogen-bond donors (Lipinski definition) is 1. The maximum atomic E-state index is 4.26. The molecule has 2 rings (SSSR count). The fraction of sp³-hybridized carbons (Fsp3) is 0.273. The van der Waals surface area contributed by atoms with Gasteiger partial charge >= 0.3 is 0 Å². The molecule has 6 heteroatoms. The number of thiophene rings is 1. The molecule has 0 aliphatic heterocycles. The number of hydrogen-bond acceptors (Lipinski definition) is 5. The summed E-state index contributed by atoms with van der Waals surface area (Å²) in [6, 6.07) is 4.06. The Labute approximate surface area is 113 Å². The van der Waals surface area contributed by atoms with E-state index in [4.69, 9.17) is 0 Å². The molecule has 0 saturated heterocycles. The summed E-state index contributed by atoms with van der Waals surface area (Å²) in [5.74, 6) is 1.74. The molecule has 1 N–H and O–H groups in total. The molecule has 90 valence electrons. The van der Waals surface area contributed by atoms with Crippen molar-refractivity contribution in [2.75, 3.05) is 24.3 Å². The van der Waals surface area contributed by atoms with Crippen molar-refractivity contribution in [2.24, 2.45) is 0 Å². The van der Waals surface area contributed by atoms with Crippen molar-refractivity contribution in [3.05, 3.63) is 33.2 Å². The van der Waals surface area contributed by atoms with E-state index in [0.717, 1.165) is 22.7 Å². The Morgan fingerprint density at radius 3 is 2.88 bits per heavy atom. The molecule has 0 unspecified atom stereocenters. The van der Waals surface area contributed by atoms with E-state index in [9.17, 15) is 0 Å². The standard InChI is InChI=1S/C11H13BrN4S/c1-13-10-4-11(15-7-14-10)16(2)5-9-3-8(12)6-17-9/h3-4,6-7H,5H2,1-2H3,(H,13,14,15). The summed E-state index contributed by atoms with van der Waals surface area (Å²) in [7, 11) is 3.87. The summed E-state index contributed by atoms with van der Waals surface area (Å²) in [5, 5.41) is 5.09. The summed E-state index contributed by atoms with van der Waals surface area (Å²) in [6.45, 7) is 0.844. The summed E-state index contributed by atoms with van der Waals surface area (Å²) < 4.78 is 1.13. The average molecular weight is 313 g/mol. The Morgan fingerprint density at radius 1 is 1.41 bits per heavy atom. The van der Waals surface area contributed by atoms with Crippen LogP contribution < -0.4 is 10.2 Å². The first-order chi connectivity index (χ1) is 8.19. The molecule has 0 aromatic carbocycles. The zero-order chi connectivity index (χ0) is 12.3. The number of nitrogens with one attached hydrogen (secondary N) is 1. The first-order valence-corrected chi connectivity index (χ1v) is 6.80. The Morgan fingerprint density at radius 2 is 2.24 bits per heavy atom. The van der Waals surface area contributed by atoms with Crippen molar-refractivity contribution in [3.8, 4) is 0 Å². The van der Waals surface area contributed by atoms with Crippen LogP contribution >= 0.6 is 27.3 Å². The normalized spacial score (nSPS) is 10.3. The van der Waals surface area contributed by atoms with Crippen LogP contribution in [0.4, 0.5) is 11.6 Å². The van der Waals surface area contributed by atoms with Crippen molar-refractivity contribution in [2.45, 2.75) is 6.54 Å². The van der Waals surface area contributed by atoms with Gasteiger partial charge in [-0.25, -0.2) is 9.97 Å². The van der Waals surface area contributed by atoms with Gasteiger partial charge in [0.05, 0.1) is 6.54 Å². The minimum absolute atomic E-state index is 0.828. The van der Waals surface area contributed by atoms with E-state index in [1.165, 1.54) is 4.88 Å². The maximum Gasteiger partial charge on any atom is 0.134 e. The third-order valence-corrected chi connectivity index (χ3v) is 4.00. The highest BCUT2D eigenvalue weighted by Gasteiger charge is 2.06. The van der Waals surface area contributed by atoms with Crippen LogP contribution in [0.2, 0.25) is 0 Å². The SMILES string of the molecule is CNc1cc(N(C)Cc2cc(Br)cs2)ncn1. The van der Waals surface area contributed by atoms with Gasteiger partial charge in [-0.2, -0.15) is 0 Å². The molecule has 2 aromatic rings. The highest BCUT2D eigenvalue weighted by molar-refractivity contribution is 9.10. The molecule has 0 bridgehead atoms. The fourth-order valence-electron chi connectivity index (χ4n) is 1.44. The van der Waals surface area contributed by atoms with E-state index in [2.05, 4.69) is 47.6 Å². The van der Waals surface area contributed by atoms with Crippen LogP contribution in [0.25, 0.3) is 0 Å².